The molecule has 5 nitrogen and oxygen atoms in total. The number of carbonyl (C=O) groups excluding carboxylic acids is 1. The summed E-state index contributed by atoms with van der Waals surface area (Å²) in [5.74, 6) is -1.73. The molecular weight excluding hydrogens is 145 g/mol. The minimum absolute atomic E-state index is 0. The Bertz CT molecular complexity index is 215. The summed E-state index contributed by atoms with van der Waals surface area (Å²) in [6.45, 7) is 0. The van der Waals surface area contributed by atoms with Gasteiger partial charge in [0.25, 0.3) is 0 Å². The van der Waals surface area contributed by atoms with Gasteiger partial charge in [-0.1, -0.05) is 0 Å². The molecule has 1 aromatic heterocycles. The van der Waals surface area contributed by atoms with Crippen LogP contribution in [-0.4, -0.2) is 20.9 Å². The molecule has 0 unspecified atom stereocenters. The predicted molar refractivity (Wildman–Crippen MR) is 24.2 cm³/mol. The van der Waals surface area contributed by atoms with E-state index in [1.54, 1.807) is 0 Å². The second-order valence-electron chi connectivity index (χ2n) is 1.25. The molecule has 0 aliphatic carbocycles. The van der Waals surface area contributed by atoms with Crippen molar-refractivity contribution >= 4 is 5.97 Å². The molecule has 0 aromatic carbocycles. The Morgan fingerprint density at radius 3 is 2.20 bits per heavy atom. The Hall–Kier alpha value is -0.520. The van der Waals surface area contributed by atoms with E-state index in [1.165, 1.54) is 0 Å². The topological polar surface area (TPSA) is 78.8 Å². The number of hydrogen-bond acceptors (Lipinski definition) is 5. The molecule has 1 heterocycles. The number of aromatic nitrogens is 3. The number of carboxylic acids is 1. The van der Waals surface area contributed by atoms with Crippen molar-refractivity contribution in [3.05, 3.63) is 18.5 Å². The molecule has 0 bridgehead atoms. The van der Waals surface area contributed by atoms with Gasteiger partial charge in [0.15, 0.2) is 5.82 Å². The molecule has 0 spiro atoms. The van der Waals surface area contributed by atoms with E-state index >= 15 is 0 Å². The summed E-state index contributed by atoms with van der Waals surface area (Å²) in [7, 11) is 0. The van der Waals surface area contributed by atoms with Crippen LogP contribution < -0.4 is 34.7 Å². The molecule has 10 heavy (non-hydrogen) atoms. The summed E-state index contributed by atoms with van der Waals surface area (Å²) < 4.78 is 0. The summed E-state index contributed by atoms with van der Waals surface area (Å²) >= 11 is 0. The second kappa shape index (κ2) is 4.32. The van der Waals surface area contributed by atoms with Crippen LogP contribution in [-0.2, 0) is 0 Å². The van der Waals surface area contributed by atoms with Crippen molar-refractivity contribution in [3.63, 3.8) is 0 Å². The molecule has 6 heteroatoms. The molecule has 46 valence electrons. The van der Waals surface area contributed by atoms with Crippen molar-refractivity contribution in [3.8, 4) is 0 Å². The Kier molecular flexibility index (Phi) is 4.10. The van der Waals surface area contributed by atoms with Crippen LogP contribution in [0, 0.1) is 0 Å². The van der Waals surface area contributed by atoms with E-state index in [0.717, 1.165) is 12.7 Å². The number of rotatable bonds is 1. The minimum Gasteiger partial charge on any atom is -0.541 e. The average molecular weight is 147 g/mol. The standard InChI is InChI=1S/C4H3N3O2.Na/c8-4(9)3-6-1-5-2-7-3;/h1-2H,(H,8,9);/q;+1/p-1. The molecular formula is C4H2N3NaO2. The van der Waals surface area contributed by atoms with Crippen LogP contribution in [0.15, 0.2) is 12.7 Å². The summed E-state index contributed by atoms with van der Waals surface area (Å²) in [5, 5.41) is 9.94. The SMILES string of the molecule is O=C([O-])c1ncncn1.[Na+]. The Morgan fingerprint density at radius 2 is 1.90 bits per heavy atom. The fraction of sp³-hybridized carbons (Fsp3) is 0. The molecule has 0 saturated carbocycles. The zero-order valence-corrected chi connectivity index (χ0v) is 7.31. The monoisotopic (exact) mass is 147 g/mol. The Morgan fingerprint density at radius 1 is 1.40 bits per heavy atom. The normalized spacial score (nSPS) is 8.00. The molecule has 0 radical (unpaired) electrons. The van der Waals surface area contributed by atoms with Gasteiger partial charge in [0.2, 0.25) is 0 Å². The molecule has 1 aromatic rings. The van der Waals surface area contributed by atoms with Crippen LogP contribution >= 0.6 is 0 Å². The maximum absolute atomic E-state index is 9.94. The third-order valence-electron chi connectivity index (χ3n) is 0.676. The molecule has 0 amide bonds. The molecule has 0 fully saturated rings. The van der Waals surface area contributed by atoms with Gasteiger partial charge < -0.3 is 9.90 Å². The van der Waals surface area contributed by atoms with Crippen molar-refractivity contribution in [2.24, 2.45) is 0 Å². The zero-order valence-electron chi connectivity index (χ0n) is 5.31. The summed E-state index contributed by atoms with van der Waals surface area (Å²) in [5.41, 5.74) is 0. The number of hydrogen-bond donors (Lipinski definition) is 0. The van der Waals surface area contributed by atoms with Gasteiger partial charge in [0.1, 0.15) is 18.6 Å². The van der Waals surface area contributed by atoms with Gasteiger partial charge in [-0.05, 0) is 0 Å². The average Bonchev–Trinajstić information content (AvgIpc) is 1.90. The van der Waals surface area contributed by atoms with Crippen LogP contribution in [0.2, 0.25) is 0 Å². The van der Waals surface area contributed by atoms with Crippen molar-refractivity contribution in [1.82, 2.24) is 15.0 Å². The third-order valence-corrected chi connectivity index (χ3v) is 0.676. The van der Waals surface area contributed by atoms with Gasteiger partial charge >= 0.3 is 29.6 Å². The third kappa shape index (κ3) is 2.38. The minimum atomic E-state index is -1.39. The van der Waals surface area contributed by atoms with E-state index in [0.29, 0.717) is 0 Å². The predicted octanol–water partition coefficient (Wildman–Crippen LogP) is -4.76. The summed E-state index contributed by atoms with van der Waals surface area (Å²) in [6, 6.07) is 0. The van der Waals surface area contributed by atoms with Crippen LogP contribution in [0.4, 0.5) is 0 Å². The van der Waals surface area contributed by atoms with Crippen LogP contribution in [0.1, 0.15) is 10.6 Å². The summed E-state index contributed by atoms with van der Waals surface area (Å²) in [4.78, 5) is 19.9. The number of aromatic carboxylic acids is 1. The van der Waals surface area contributed by atoms with E-state index in [9.17, 15) is 9.90 Å². The molecule has 1 rings (SSSR count). The van der Waals surface area contributed by atoms with Gasteiger partial charge in [-0.25, -0.2) is 15.0 Å². The molecule has 0 atom stereocenters. The first-order chi connectivity index (χ1) is 4.30. The fourth-order valence-corrected chi connectivity index (χ4v) is 0.345. The maximum Gasteiger partial charge on any atom is 1.00 e. The number of nitrogens with zero attached hydrogens (tertiary/aromatic N) is 3. The second-order valence-corrected chi connectivity index (χ2v) is 1.25. The Labute approximate surface area is 78.8 Å². The van der Waals surface area contributed by atoms with Gasteiger partial charge in [-0.3, -0.25) is 0 Å². The molecule has 0 aliphatic heterocycles. The van der Waals surface area contributed by atoms with Gasteiger partial charge in [-0.2, -0.15) is 0 Å². The number of carboxylic acid groups (broad SMARTS) is 1. The first-order valence-electron chi connectivity index (χ1n) is 2.14. The van der Waals surface area contributed by atoms with Crippen molar-refractivity contribution < 1.29 is 39.5 Å². The first-order valence-corrected chi connectivity index (χ1v) is 2.14. The van der Waals surface area contributed by atoms with Crippen LogP contribution in [0.25, 0.3) is 0 Å². The molecule has 0 aliphatic rings. The van der Waals surface area contributed by atoms with Crippen molar-refractivity contribution in [2.45, 2.75) is 0 Å². The molecule has 0 saturated heterocycles. The van der Waals surface area contributed by atoms with Gasteiger partial charge in [-0.15, -0.1) is 0 Å². The van der Waals surface area contributed by atoms with Crippen LogP contribution in [0.5, 0.6) is 0 Å². The molecule has 0 N–H and O–H groups in total. The zero-order chi connectivity index (χ0) is 6.69. The first kappa shape index (κ1) is 9.48. The van der Waals surface area contributed by atoms with E-state index in [-0.39, 0.29) is 35.4 Å². The maximum atomic E-state index is 9.94. The fourth-order valence-electron chi connectivity index (χ4n) is 0.345. The smallest absolute Gasteiger partial charge is 0.541 e. The van der Waals surface area contributed by atoms with E-state index in [2.05, 4.69) is 15.0 Å². The van der Waals surface area contributed by atoms with E-state index in [4.69, 9.17) is 0 Å². The van der Waals surface area contributed by atoms with Crippen LogP contribution in [0.3, 0.4) is 0 Å². The van der Waals surface area contributed by atoms with E-state index < -0.39 is 5.97 Å². The Balaban J connectivity index is 0.000000810. The van der Waals surface area contributed by atoms with Gasteiger partial charge in [0, 0.05) is 0 Å². The van der Waals surface area contributed by atoms with Crippen molar-refractivity contribution in [2.75, 3.05) is 0 Å². The van der Waals surface area contributed by atoms with Crippen molar-refractivity contribution in [1.29, 1.82) is 0 Å². The largest absolute Gasteiger partial charge is 1.00 e. The van der Waals surface area contributed by atoms with E-state index in [1.807, 2.05) is 0 Å². The number of carbonyl (C=O) groups is 1. The van der Waals surface area contributed by atoms with Gasteiger partial charge in [0.05, 0.1) is 0 Å². The quantitative estimate of drug-likeness (QED) is 0.372. The summed E-state index contributed by atoms with van der Waals surface area (Å²) in [6.07, 6.45) is 2.19.